The lowest BCUT2D eigenvalue weighted by molar-refractivity contribution is 0.395. The van der Waals surface area contributed by atoms with Crippen LogP contribution in [-0.4, -0.2) is 16.7 Å². The standard InChI is InChI=1S/C11H19N3O/c12-8-7-10-13-14-11(15-10)9-5-3-1-2-4-6-9/h9H,1-8,12H2. The van der Waals surface area contributed by atoms with Gasteiger partial charge in [-0.3, -0.25) is 0 Å². The second-order valence-corrected chi connectivity index (χ2v) is 4.26. The van der Waals surface area contributed by atoms with E-state index < -0.39 is 0 Å². The van der Waals surface area contributed by atoms with Crippen molar-refractivity contribution in [3.05, 3.63) is 11.8 Å². The normalized spacial score (nSPS) is 19.0. The van der Waals surface area contributed by atoms with Crippen molar-refractivity contribution in [2.45, 2.75) is 50.9 Å². The molecule has 84 valence electrons. The summed E-state index contributed by atoms with van der Waals surface area (Å²) in [5.74, 6) is 2.02. The first-order valence-electron chi connectivity index (χ1n) is 5.92. The zero-order valence-electron chi connectivity index (χ0n) is 9.11. The Morgan fingerprint density at radius 1 is 1.13 bits per heavy atom. The first kappa shape index (κ1) is 10.6. The van der Waals surface area contributed by atoms with Crippen molar-refractivity contribution in [3.63, 3.8) is 0 Å². The summed E-state index contributed by atoms with van der Waals surface area (Å²) in [6.45, 7) is 0.576. The molecule has 1 saturated carbocycles. The molecule has 0 amide bonds. The molecule has 1 aromatic heterocycles. The van der Waals surface area contributed by atoms with E-state index in [1.807, 2.05) is 0 Å². The van der Waals surface area contributed by atoms with Crippen LogP contribution in [0.25, 0.3) is 0 Å². The minimum Gasteiger partial charge on any atom is -0.425 e. The quantitative estimate of drug-likeness (QED) is 0.773. The molecule has 0 unspecified atom stereocenters. The van der Waals surface area contributed by atoms with E-state index in [4.69, 9.17) is 10.2 Å². The third-order valence-electron chi connectivity index (χ3n) is 3.05. The monoisotopic (exact) mass is 209 g/mol. The van der Waals surface area contributed by atoms with Gasteiger partial charge in [0.15, 0.2) is 0 Å². The zero-order valence-corrected chi connectivity index (χ0v) is 9.11. The molecule has 0 aromatic carbocycles. The van der Waals surface area contributed by atoms with Crippen LogP contribution >= 0.6 is 0 Å². The summed E-state index contributed by atoms with van der Waals surface area (Å²) in [5, 5.41) is 8.14. The molecule has 1 aromatic rings. The van der Waals surface area contributed by atoms with E-state index in [-0.39, 0.29) is 0 Å². The highest BCUT2D eigenvalue weighted by Gasteiger charge is 2.19. The van der Waals surface area contributed by atoms with Crippen molar-refractivity contribution in [3.8, 4) is 0 Å². The Hall–Kier alpha value is -0.900. The van der Waals surface area contributed by atoms with Gasteiger partial charge in [-0.25, -0.2) is 0 Å². The predicted molar refractivity (Wildman–Crippen MR) is 57.5 cm³/mol. The third-order valence-corrected chi connectivity index (χ3v) is 3.05. The number of nitrogens with zero attached hydrogens (tertiary/aromatic N) is 2. The van der Waals surface area contributed by atoms with Gasteiger partial charge in [-0.05, 0) is 12.8 Å². The van der Waals surface area contributed by atoms with Gasteiger partial charge in [-0.15, -0.1) is 10.2 Å². The lowest BCUT2D eigenvalue weighted by Gasteiger charge is -2.07. The van der Waals surface area contributed by atoms with Crippen molar-refractivity contribution in [1.82, 2.24) is 10.2 Å². The average Bonchev–Trinajstić information content (AvgIpc) is 2.53. The smallest absolute Gasteiger partial charge is 0.219 e. The van der Waals surface area contributed by atoms with Gasteiger partial charge in [-0.1, -0.05) is 25.7 Å². The van der Waals surface area contributed by atoms with E-state index in [1.165, 1.54) is 38.5 Å². The second-order valence-electron chi connectivity index (χ2n) is 4.26. The minimum absolute atomic E-state index is 0.492. The molecule has 1 fully saturated rings. The van der Waals surface area contributed by atoms with Crippen LogP contribution in [0, 0.1) is 0 Å². The molecule has 0 radical (unpaired) electrons. The van der Waals surface area contributed by atoms with Gasteiger partial charge in [0.2, 0.25) is 11.8 Å². The highest BCUT2D eigenvalue weighted by Crippen LogP contribution is 2.30. The molecule has 4 nitrogen and oxygen atoms in total. The van der Waals surface area contributed by atoms with E-state index in [0.29, 0.717) is 24.8 Å². The largest absolute Gasteiger partial charge is 0.425 e. The summed E-state index contributed by atoms with van der Waals surface area (Å²) in [6, 6.07) is 0. The van der Waals surface area contributed by atoms with Crippen LogP contribution in [0.1, 0.15) is 56.2 Å². The van der Waals surface area contributed by atoms with Gasteiger partial charge in [0, 0.05) is 18.9 Å². The average molecular weight is 209 g/mol. The predicted octanol–water partition coefficient (Wildman–Crippen LogP) is 2.01. The zero-order chi connectivity index (χ0) is 10.5. The maximum atomic E-state index is 5.62. The highest BCUT2D eigenvalue weighted by atomic mass is 16.4. The van der Waals surface area contributed by atoms with Gasteiger partial charge in [0.1, 0.15) is 0 Å². The summed E-state index contributed by atoms with van der Waals surface area (Å²) in [6.07, 6.45) is 8.37. The van der Waals surface area contributed by atoms with Gasteiger partial charge in [0.05, 0.1) is 0 Å². The second kappa shape index (κ2) is 5.26. The van der Waals surface area contributed by atoms with Crippen molar-refractivity contribution >= 4 is 0 Å². The lowest BCUT2D eigenvalue weighted by Crippen LogP contribution is -2.02. The van der Waals surface area contributed by atoms with Crippen LogP contribution in [0.15, 0.2) is 4.42 Å². The topological polar surface area (TPSA) is 64.9 Å². The number of aromatic nitrogens is 2. The first-order chi connectivity index (χ1) is 7.40. The molecule has 4 heteroatoms. The van der Waals surface area contributed by atoms with E-state index in [2.05, 4.69) is 10.2 Å². The van der Waals surface area contributed by atoms with Gasteiger partial charge in [0.25, 0.3) is 0 Å². The van der Waals surface area contributed by atoms with E-state index in [0.717, 1.165) is 5.89 Å². The fourth-order valence-corrected chi connectivity index (χ4v) is 2.18. The molecule has 2 N–H and O–H groups in total. The van der Waals surface area contributed by atoms with Crippen LogP contribution in [-0.2, 0) is 6.42 Å². The molecule has 2 rings (SSSR count). The van der Waals surface area contributed by atoms with E-state index in [1.54, 1.807) is 0 Å². The summed E-state index contributed by atoms with van der Waals surface area (Å²) in [4.78, 5) is 0. The van der Waals surface area contributed by atoms with Crippen molar-refractivity contribution in [2.75, 3.05) is 6.54 Å². The van der Waals surface area contributed by atoms with Crippen LogP contribution < -0.4 is 5.73 Å². The van der Waals surface area contributed by atoms with Crippen molar-refractivity contribution in [2.24, 2.45) is 5.73 Å². The lowest BCUT2D eigenvalue weighted by atomic mass is 10.0. The molecular formula is C11H19N3O. The van der Waals surface area contributed by atoms with Crippen molar-refractivity contribution in [1.29, 1.82) is 0 Å². The Morgan fingerprint density at radius 3 is 2.53 bits per heavy atom. The Labute approximate surface area is 90.3 Å². The SMILES string of the molecule is NCCc1nnc(C2CCCCCC2)o1. The fraction of sp³-hybridized carbons (Fsp3) is 0.818. The Balaban J connectivity index is 2.00. The number of hydrogen-bond acceptors (Lipinski definition) is 4. The minimum atomic E-state index is 0.492. The number of nitrogens with two attached hydrogens (primary N) is 1. The van der Waals surface area contributed by atoms with E-state index in [9.17, 15) is 0 Å². The molecule has 0 bridgehead atoms. The Bertz CT molecular complexity index is 290. The van der Waals surface area contributed by atoms with E-state index >= 15 is 0 Å². The molecule has 1 aliphatic rings. The number of hydrogen-bond donors (Lipinski definition) is 1. The molecule has 0 spiro atoms. The molecule has 0 saturated heterocycles. The maximum Gasteiger partial charge on any atom is 0.219 e. The summed E-state index contributed by atoms with van der Waals surface area (Å²) < 4.78 is 5.62. The third kappa shape index (κ3) is 2.78. The molecule has 1 heterocycles. The van der Waals surface area contributed by atoms with Crippen molar-refractivity contribution < 1.29 is 4.42 Å². The molecule has 1 aliphatic carbocycles. The Morgan fingerprint density at radius 2 is 1.87 bits per heavy atom. The molecular weight excluding hydrogens is 190 g/mol. The van der Waals surface area contributed by atoms with Crippen LogP contribution in [0.5, 0.6) is 0 Å². The first-order valence-corrected chi connectivity index (χ1v) is 5.92. The van der Waals surface area contributed by atoms with Gasteiger partial charge < -0.3 is 10.2 Å². The highest BCUT2D eigenvalue weighted by molar-refractivity contribution is 4.92. The molecule has 0 aliphatic heterocycles. The maximum absolute atomic E-state index is 5.62. The van der Waals surface area contributed by atoms with Gasteiger partial charge in [-0.2, -0.15) is 0 Å². The van der Waals surface area contributed by atoms with Crippen LogP contribution in [0.2, 0.25) is 0 Å². The number of rotatable bonds is 3. The summed E-state index contributed by atoms with van der Waals surface area (Å²) in [5.41, 5.74) is 5.45. The summed E-state index contributed by atoms with van der Waals surface area (Å²) >= 11 is 0. The van der Waals surface area contributed by atoms with Gasteiger partial charge >= 0.3 is 0 Å². The Kier molecular flexibility index (Phi) is 3.72. The fourth-order valence-electron chi connectivity index (χ4n) is 2.18. The molecule has 15 heavy (non-hydrogen) atoms. The van der Waals surface area contributed by atoms with Crippen LogP contribution in [0.4, 0.5) is 0 Å². The van der Waals surface area contributed by atoms with Crippen LogP contribution in [0.3, 0.4) is 0 Å². The summed E-state index contributed by atoms with van der Waals surface area (Å²) in [7, 11) is 0. The molecule has 0 atom stereocenters.